The monoisotopic (exact) mass is 445 g/mol. The van der Waals surface area contributed by atoms with Crippen molar-refractivity contribution >= 4 is 5.78 Å². The Bertz CT molecular complexity index is 1080. The lowest BCUT2D eigenvalue weighted by Gasteiger charge is -2.60. The molecule has 1 saturated heterocycles. The molecule has 4 aliphatic rings. The van der Waals surface area contributed by atoms with Crippen LogP contribution in [0, 0.1) is 11.3 Å². The fraction of sp³-hybridized carbons (Fsp3) is 0.552. The van der Waals surface area contributed by atoms with Gasteiger partial charge in [-0.15, -0.1) is 0 Å². The molecule has 2 fully saturated rings. The van der Waals surface area contributed by atoms with Crippen molar-refractivity contribution in [2.75, 3.05) is 20.7 Å². The molecule has 2 aromatic carbocycles. The van der Waals surface area contributed by atoms with Crippen LogP contribution in [0.3, 0.4) is 0 Å². The number of nitrogens with zero attached hydrogens (tertiary/aromatic N) is 1. The van der Waals surface area contributed by atoms with Crippen molar-refractivity contribution in [3.05, 3.63) is 59.2 Å². The minimum Gasteiger partial charge on any atom is -0.493 e. The number of likely N-dealkylation sites (N-methyl/N-ethyl adjacent to an activating group) is 1. The number of ketones is 1. The summed E-state index contributed by atoms with van der Waals surface area (Å²) in [5, 5.41) is 0. The molecule has 174 valence electrons. The van der Waals surface area contributed by atoms with E-state index in [1.54, 1.807) is 7.11 Å². The van der Waals surface area contributed by atoms with E-state index in [0.717, 1.165) is 63.0 Å². The van der Waals surface area contributed by atoms with Gasteiger partial charge < -0.3 is 14.4 Å². The highest BCUT2D eigenvalue weighted by Gasteiger charge is 2.69. The van der Waals surface area contributed by atoms with E-state index in [0.29, 0.717) is 17.7 Å². The van der Waals surface area contributed by atoms with Crippen LogP contribution >= 0.6 is 0 Å². The second kappa shape index (κ2) is 7.59. The van der Waals surface area contributed by atoms with E-state index < -0.39 is 0 Å². The minimum atomic E-state index is -0.364. The lowest BCUT2D eigenvalue weighted by Crippen LogP contribution is -2.68. The molecule has 2 aliphatic heterocycles. The molecule has 33 heavy (non-hydrogen) atoms. The number of carbonyl (C=O) groups is 1. The van der Waals surface area contributed by atoms with Gasteiger partial charge in [-0.2, -0.15) is 0 Å². The zero-order valence-corrected chi connectivity index (χ0v) is 20.1. The predicted octanol–water partition coefficient (Wildman–Crippen LogP) is 4.96. The summed E-state index contributed by atoms with van der Waals surface area (Å²) in [5.41, 5.74) is 3.56. The average molecular weight is 446 g/mol. The molecule has 1 spiro atoms. The number of likely N-dealkylation sites (tertiary alicyclic amines) is 1. The van der Waals surface area contributed by atoms with Gasteiger partial charge in [-0.3, -0.25) is 4.79 Å². The Kier molecular flexibility index (Phi) is 4.88. The van der Waals surface area contributed by atoms with Crippen LogP contribution in [-0.2, 0) is 23.1 Å². The number of carbonyl (C=O) groups excluding carboxylic acids is 1. The van der Waals surface area contributed by atoms with Crippen molar-refractivity contribution < 1.29 is 14.3 Å². The van der Waals surface area contributed by atoms with Crippen LogP contribution in [0.5, 0.6) is 11.5 Å². The summed E-state index contributed by atoms with van der Waals surface area (Å²) in [4.78, 5) is 16.7. The second-order valence-corrected chi connectivity index (χ2v) is 11.1. The summed E-state index contributed by atoms with van der Waals surface area (Å²) in [6.45, 7) is 3.25. The van der Waals surface area contributed by atoms with Gasteiger partial charge in [0.2, 0.25) is 0 Å². The fourth-order valence-electron chi connectivity index (χ4n) is 7.66. The Balaban J connectivity index is 1.31. The number of hydrogen-bond acceptors (Lipinski definition) is 4. The molecule has 2 bridgehead atoms. The minimum absolute atomic E-state index is 0.171. The molecule has 1 saturated carbocycles. The Morgan fingerprint density at radius 2 is 1.97 bits per heavy atom. The van der Waals surface area contributed by atoms with E-state index in [2.05, 4.69) is 55.3 Å². The van der Waals surface area contributed by atoms with Gasteiger partial charge in [0.25, 0.3) is 0 Å². The molecule has 5 atom stereocenters. The fourth-order valence-corrected chi connectivity index (χ4v) is 7.66. The van der Waals surface area contributed by atoms with Crippen molar-refractivity contribution in [2.24, 2.45) is 11.3 Å². The number of ether oxygens (including phenoxy) is 2. The van der Waals surface area contributed by atoms with Gasteiger partial charge in [-0.1, -0.05) is 49.7 Å². The van der Waals surface area contributed by atoms with Crippen molar-refractivity contribution in [3.63, 3.8) is 0 Å². The predicted molar refractivity (Wildman–Crippen MR) is 129 cm³/mol. The maximum absolute atomic E-state index is 14.1. The number of hydrogen-bond donors (Lipinski definition) is 0. The summed E-state index contributed by atoms with van der Waals surface area (Å²) in [6.07, 6.45) is 6.88. The number of benzene rings is 2. The van der Waals surface area contributed by atoms with Crippen LogP contribution in [-0.4, -0.2) is 43.5 Å². The van der Waals surface area contributed by atoms with Crippen LogP contribution in [0.1, 0.15) is 55.7 Å². The third-order valence-electron chi connectivity index (χ3n) is 9.39. The SMILES string of the molecule is COc1ccc2c3c1OC1C(=O)C(C)(CCCCc4ccccc4)C[C@H]4[C@@H](C2)N(C)CC[C@]314. The summed E-state index contributed by atoms with van der Waals surface area (Å²) in [7, 11) is 3.98. The normalized spacial score (nSPS) is 34.0. The smallest absolute Gasteiger partial charge is 0.180 e. The zero-order chi connectivity index (χ0) is 22.8. The first-order valence-electron chi connectivity index (χ1n) is 12.6. The molecular formula is C29H35NO3. The number of methoxy groups -OCH3 is 1. The zero-order valence-electron chi connectivity index (χ0n) is 20.1. The molecule has 4 heteroatoms. The van der Waals surface area contributed by atoms with E-state index >= 15 is 0 Å². The Hall–Kier alpha value is -2.33. The van der Waals surface area contributed by atoms with E-state index in [-0.39, 0.29) is 16.9 Å². The first-order chi connectivity index (χ1) is 16.0. The molecule has 6 rings (SSSR count). The van der Waals surface area contributed by atoms with E-state index in [9.17, 15) is 4.79 Å². The first-order valence-corrected chi connectivity index (χ1v) is 12.6. The summed E-state index contributed by atoms with van der Waals surface area (Å²) in [5.74, 6) is 2.42. The van der Waals surface area contributed by atoms with Crippen LogP contribution in [0.2, 0.25) is 0 Å². The molecule has 4 nitrogen and oxygen atoms in total. The number of rotatable bonds is 6. The van der Waals surface area contributed by atoms with Gasteiger partial charge in [0.1, 0.15) is 0 Å². The van der Waals surface area contributed by atoms with Crippen molar-refractivity contribution in [3.8, 4) is 11.5 Å². The summed E-state index contributed by atoms with van der Waals surface area (Å²) < 4.78 is 12.3. The highest BCUT2D eigenvalue weighted by molar-refractivity contribution is 5.93. The van der Waals surface area contributed by atoms with E-state index in [4.69, 9.17) is 9.47 Å². The molecule has 2 aliphatic carbocycles. The lowest BCUT2D eigenvalue weighted by molar-refractivity contribution is -0.154. The Morgan fingerprint density at radius 1 is 1.15 bits per heavy atom. The molecule has 2 heterocycles. The van der Waals surface area contributed by atoms with Gasteiger partial charge in [-0.25, -0.2) is 0 Å². The van der Waals surface area contributed by atoms with Gasteiger partial charge in [0, 0.05) is 22.4 Å². The Labute approximate surface area is 197 Å². The van der Waals surface area contributed by atoms with Gasteiger partial charge in [0.05, 0.1) is 7.11 Å². The van der Waals surface area contributed by atoms with Crippen LogP contribution < -0.4 is 9.47 Å². The van der Waals surface area contributed by atoms with Crippen LogP contribution in [0.25, 0.3) is 0 Å². The van der Waals surface area contributed by atoms with E-state index in [1.165, 1.54) is 16.7 Å². The maximum Gasteiger partial charge on any atom is 0.180 e. The van der Waals surface area contributed by atoms with Crippen molar-refractivity contribution in [1.29, 1.82) is 0 Å². The van der Waals surface area contributed by atoms with Crippen molar-refractivity contribution in [1.82, 2.24) is 4.90 Å². The van der Waals surface area contributed by atoms with Crippen LogP contribution in [0.15, 0.2) is 42.5 Å². The molecule has 0 radical (unpaired) electrons. The molecule has 2 unspecified atom stereocenters. The highest BCUT2D eigenvalue weighted by Crippen LogP contribution is 2.65. The largest absolute Gasteiger partial charge is 0.493 e. The summed E-state index contributed by atoms with van der Waals surface area (Å²) in [6, 6.07) is 15.4. The number of unbranched alkanes of at least 4 members (excludes halogenated alkanes) is 1. The maximum atomic E-state index is 14.1. The summed E-state index contributed by atoms with van der Waals surface area (Å²) >= 11 is 0. The molecule has 0 aromatic heterocycles. The second-order valence-electron chi connectivity index (χ2n) is 11.1. The highest BCUT2D eigenvalue weighted by atomic mass is 16.5. The Morgan fingerprint density at radius 3 is 2.76 bits per heavy atom. The average Bonchev–Trinajstić information content (AvgIpc) is 3.17. The molecule has 2 aromatic rings. The van der Waals surface area contributed by atoms with E-state index in [1.807, 2.05) is 6.07 Å². The molecule has 0 amide bonds. The topological polar surface area (TPSA) is 38.8 Å². The molecule has 0 N–H and O–H groups in total. The number of piperidine rings is 1. The molecular weight excluding hydrogens is 410 g/mol. The van der Waals surface area contributed by atoms with Gasteiger partial charge in [-0.05, 0) is 75.2 Å². The first kappa shape index (κ1) is 21.2. The van der Waals surface area contributed by atoms with Gasteiger partial charge >= 0.3 is 0 Å². The lowest BCUT2D eigenvalue weighted by atomic mass is 9.47. The standard InChI is InChI=1S/C29H35NO3/c1-28(14-8-7-11-19-9-5-4-6-10-19)18-21-22-17-20-12-13-23(32-3)25-24(20)29(21,15-16-30(22)2)27(33-25)26(28)31/h4-6,9-10,12-13,21-22,27H,7-8,11,14-18H2,1-3H3/t21-,22+,27?,28?,29-/m0/s1. The third kappa shape index (κ3) is 2.96. The number of aryl methyl sites for hydroxylation is 1. The van der Waals surface area contributed by atoms with Crippen LogP contribution in [0.4, 0.5) is 0 Å². The third-order valence-corrected chi connectivity index (χ3v) is 9.39. The quantitative estimate of drug-likeness (QED) is 0.589. The van der Waals surface area contributed by atoms with Gasteiger partial charge in [0.15, 0.2) is 23.4 Å². The number of Topliss-reactive ketones (excluding diaryl/α,β-unsaturated/α-hetero) is 1. The van der Waals surface area contributed by atoms with Crippen molar-refractivity contribution in [2.45, 2.75) is 69.4 Å².